The number of thiophene rings is 1. The maximum Gasteiger partial charge on any atom is 0.271 e. The molecule has 1 saturated heterocycles. The number of hydrogen-bond acceptors (Lipinski definition) is 5. The van der Waals surface area contributed by atoms with Gasteiger partial charge in [-0.25, -0.2) is 4.98 Å². The highest BCUT2D eigenvalue weighted by Crippen LogP contribution is 2.32. The Hall–Kier alpha value is -0.370. The minimum absolute atomic E-state index is 0. The first-order chi connectivity index (χ1) is 9.72. The number of halogens is 3. The quantitative estimate of drug-likeness (QED) is 0.823. The van der Waals surface area contributed by atoms with Crippen molar-refractivity contribution in [1.29, 1.82) is 0 Å². The molecule has 1 amide bonds. The average Bonchev–Trinajstić information content (AvgIpc) is 3.08. The molecular formula is C13H16Cl3N3OS2. The SMILES string of the molecule is Cl.Cl.O=C(NC1CCCNC1)c1csc(-c2ccc(Cl)s2)n1. The van der Waals surface area contributed by atoms with Crippen LogP contribution in [0.5, 0.6) is 0 Å². The number of aromatic nitrogens is 1. The van der Waals surface area contributed by atoms with Crippen LogP contribution in [0.25, 0.3) is 9.88 Å². The van der Waals surface area contributed by atoms with Gasteiger partial charge >= 0.3 is 0 Å². The van der Waals surface area contributed by atoms with Gasteiger partial charge in [-0.2, -0.15) is 0 Å². The molecule has 1 unspecified atom stereocenters. The molecule has 1 aliphatic rings. The van der Waals surface area contributed by atoms with Gasteiger partial charge in [0.05, 0.1) is 9.21 Å². The summed E-state index contributed by atoms with van der Waals surface area (Å²) >= 11 is 8.86. The molecule has 0 spiro atoms. The molecule has 4 nitrogen and oxygen atoms in total. The molecule has 2 aromatic heterocycles. The molecule has 0 saturated carbocycles. The van der Waals surface area contributed by atoms with E-state index in [-0.39, 0.29) is 36.8 Å². The fourth-order valence-corrected chi connectivity index (χ4v) is 4.07. The van der Waals surface area contributed by atoms with Gasteiger partial charge in [0.25, 0.3) is 5.91 Å². The minimum Gasteiger partial charge on any atom is -0.347 e. The fourth-order valence-electron chi connectivity index (χ4n) is 2.15. The van der Waals surface area contributed by atoms with Crippen LogP contribution < -0.4 is 10.6 Å². The average molecular weight is 401 g/mol. The Kier molecular flexibility index (Phi) is 8.10. The van der Waals surface area contributed by atoms with Crippen molar-refractivity contribution in [2.24, 2.45) is 0 Å². The van der Waals surface area contributed by atoms with E-state index < -0.39 is 0 Å². The van der Waals surface area contributed by atoms with E-state index in [1.54, 1.807) is 5.38 Å². The Morgan fingerprint density at radius 1 is 1.41 bits per heavy atom. The molecule has 2 N–H and O–H groups in total. The van der Waals surface area contributed by atoms with Gasteiger partial charge in [0.2, 0.25) is 0 Å². The smallest absolute Gasteiger partial charge is 0.271 e. The van der Waals surface area contributed by atoms with Gasteiger partial charge in [0.1, 0.15) is 10.7 Å². The zero-order valence-corrected chi connectivity index (χ0v) is 15.5. The molecule has 22 heavy (non-hydrogen) atoms. The predicted molar refractivity (Wildman–Crippen MR) is 98.3 cm³/mol. The van der Waals surface area contributed by atoms with E-state index in [4.69, 9.17) is 11.6 Å². The summed E-state index contributed by atoms with van der Waals surface area (Å²) in [5, 5.41) is 8.95. The van der Waals surface area contributed by atoms with E-state index in [2.05, 4.69) is 15.6 Å². The molecule has 1 fully saturated rings. The van der Waals surface area contributed by atoms with Crippen molar-refractivity contribution in [3.63, 3.8) is 0 Å². The lowest BCUT2D eigenvalue weighted by Gasteiger charge is -2.23. The third-order valence-corrected chi connectivity index (χ3v) is 5.40. The summed E-state index contributed by atoms with van der Waals surface area (Å²) in [5.41, 5.74) is 0.486. The number of piperidine rings is 1. The largest absolute Gasteiger partial charge is 0.347 e. The highest BCUT2D eigenvalue weighted by Gasteiger charge is 2.18. The second-order valence-electron chi connectivity index (χ2n) is 4.66. The van der Waals surface area contributed by atoms with Crippen LogP contribution in [0.2, 0.25) is 4.34 Å². The van der Waals surface area contributed by atoms with Crippen molar-refractivity contribution in [3.05, 3.63) is 27.5 Å². The van der Waals surface area contributed by atoms with Crippen LogP contribution in [-0.4, -0.2) is 30.0 Å². The van der Waals surface area contributed by atoms with Crippen molar-refractivity contribution in [2.45, 2.75) is 18.9 Å². The summed E-state index contributed by atoms with van der Waals surface area (Å²) in [7, 11) is 0. The van der Waals surface area contributed by atoms with Crippen LogP contribution in [0.15, 0.2) is 17.5 Å². The number of nitrogens with one attached hydrogen (secondary N) is 2. The van der Waals surface area contributed by atoms with E-state index in [1.165, 1.54) is 22.7 Å². The minimum atomic E-state index is -0.0937. The summed E-state index contributed by atoms with van der Waals surface area (Å²) in [6, 6.07) is 3.98. The number of rotatable bonds is 3. The van der Waals surface area contributed by atoms with Gasteiger partial charge in [-0.3, -0.25) is 4.79 Å². The Morgan fingerprint density at radius 2 is 2.23 bits per heavy atom. The molecule has 0 aromatic carbocycles. The van der Waals surface area contributed by atoms with Crippen LogP contribution in [0, 0.1) is 0 Å². The first-order valence-electron chi connectivity index (χ1n) is 6.45. The maximum atomic E-state index is 12.1. The van der Waals surface area contributed by atoms with Crippen LogP contribution in [-0.2, 0) is 0 Å². The van der Waals surface area contributed by atoms with Crippen molar-refractivity contribution < 1.29 is 4.79 Å². The molecule has 0 radical (unpaired) electrons. The van der Waals surface area contributed by atoms with Gasteiger partial charge < -0.3 is 10.6 Å². The normalized spacial score (nSPS) is 17.2. The van der Waals surface area contributed by atoms with Crippen LogP contribution >= 0.6 is 59.1 Å². The van der Waals surface area contributed by atoms with E-state index >= 15 is 0 Å². The van der Waals surface area contributed by atoms with Gasteiger partial charge in [0.15, 0.2) is 0 Å². The molecule has 9 heteroatoms. The lowest BCUT2D eigenvalue weighted by Crippen LogP contribution is -2.45. The van der Waals surface area contributed by atoms with E-state index in [0.717, 1.165) is 40.2 Å². The van der Waals surface area contributed by atoms with E-state index in [9.17, 15) is 4.79 Å². The zero-order chi connectivity index (χ0) is 13.9. The number of hydrogen-bond donors (Lipinski definition) is 2. The summed E-state index contributed by atoms with van der Waals surface area (Å²) in [4.78, 5) is 17.5. The van der Waals surface area contributed by atoms with Crippen molar-refractivity contribution in [3.8, 4) is 9.88 Å². The van der Waals surface area contributed by atoms with E-state index in [1.807, 2.05) is 12.1 Å². The second-order valence-corrected chi connectivity index (χ2v) is 7.23. The Labute approximate surface area is 154 Å². The highest BCUT2D eigenvalue weighted by atomic mass is 35.5. The zero-order valence-electron chi connectivity index (χ0n) is 11.5. The lowest BCUT2D eigenvalue weighted by atomic mass is 10.1. The van der Waals surface area contributed by atoms with Gasteiger partial charge in [-0.1, -0.05) is 11.6 Å². The van der Waals surface area contributed by atoms with Gasteiger partial charge in [-0.15, -0.1) is 47.5 Å². The first kappa shape index (κ1) is 19.7. The molecule has 3 rings (SSSR count). The van der Waals surface area contributed by atoms with Crippen molar-refractivity contribution in [1.82, 2.24) is 15.6 Å². The number of amides is 1. The lowest BCUT2D eigenvalue weighted by molar-refractivity contribution is 0.0926. The summed E-state index contributed by atoms with van der Waals surface area (Å²) < 4.78 is 0.731. The number of carbonyl (C=O) groups is 1. The highest BCUT2D eigenvalue weighted by molar-refractivity contribution is 7.23. The van der Waals surface area contributed by atoms with Gasteiger partial charge in [-0.05, 0) is 31.5 Å². The third kappa shape index (κ3) is 4.81. The summed E-state index contributed by atoms with van der Waals surface area (Å²) in [6.07, 6.45) is 2.12. The molecule has 1 aliphatic heterocycles. The van der Waals surface area contributed by atoms with Crippen LogP contribution in [0.3, 0.4) is 0 Å². The standard InChI is InChI=1S/C13H14ClN3OS2.2ClH/c14-11-4-3-10(20-11)13-17-9(7-19-13)12(18)16-8-2-1-5-15-6-8;;/h3-4,7-8,15H,1-2,5-6H2,(H,16,18);2*1H. The topological polar surface area (TPSA) is 54.0 Å². The monoisotopic (exact) mass is 399 g/mol. The molecule has 1 atom stereocenters. The molecule has 0 aliphatic carbocycles. The number of nitrogens with zero attached hydrogens (tertiary/aromatic N) is 1. The summed E-state index contributed by atoms with van der Waals surface area (Å²) in [5.74, 6) is -0.0937. The number of carbonyl (C=O) groups excluding carboxylic acids is 1. The predicted octanol–water partition coefficient (Wildman–Crippen LogP) is 3.85. The molecule has 2 aromatic rings. The third-order valence-electron chi connectivity index (χ3n) is 3.15. The van der Waals surface area contributed by atoms with Crippen LogP contribution in [0.4, 0.5) is 0 Å². The van der Waals surface area contributed by atoms with Crippen LogP contribution in [0.1, 0.15) is 23.3 Å². The summed E-state index contributed by atoms with van der Waals surface area (Å²) in [6.45, 7) is 1.87. The fraction of sp³-hybridized carbons (Fsp3) is 0.385. The first-order valence-corrected chi connectivity index (χ1v) is 8.52. The molecular weight excluding hydrogens is 385 g/mol. The Bertz CT molecular complexity index is 611. The Balaban J connectivity index is 0.00000121. The molecule has 122 valence electrons. The van der Waals surface area contributed by atoms with Crippen molar-refractivity contribution in [2.75, 3.05) is 13.1 Å². The Morgan fingerprint density at radius 3 is 2.86 bits per heavy atom. The van der Waals surface area contributed by atoms with Crippen molar-refractivity contribution >= 4 is 65.0 Å². The van der Waals surface area contributed by atoms with Gasteiger partial charge in [0, 0.05) is 18.0 Å². The second kappa shape index (κ2) is 9.05. The maximum absolute atomic E-state index is 12.1. The number of thiazole rings is 1. The van der Waals surface area contributed by atoms with E-state index in [0.29, 0.717) is 5.69 Å². The molecule has 0 bridgehead atoms. The molecule has 3 heterocycles.